The Hall–Kier alpha value is -1.97. The first kappa shape index (κ1) is 18.8. The molecule has 1 heterocycles. The van der Waals surface area contributed by atoms with E-state index in [1.165, 1.54) is 42.7 Å². The summed E-state index contributed by atoms with van der Waals surface area (Å²) in [6, 6.07) is 11.6. The smallest absolute Gasteiger partial charge is 0.263 e. The number of methoxy groups -OCH3 is 1. The fraction of sp³-hybridized carbons (Fsp3) is 0.176. The summed E-state index contributed by atoms with van der Waals surface area (Å²) in [6.45, 7) is 0. The number of amides is 1. The Morgan fingerprint density at radius 3 is 2.54 bits per heavy atom. The van der Waals surface area contributed by atoms with Gasteiger partial charge in [-0.1, -0.05) is 17.4 Å². The Balaban J connectivity index is 1.91. The van der Waals surface area contributed by atoms with Crippen molar-refractivity contribution in [3.8, 4) is 5.75 Å². The van der Waals surface area contributed by atoms with E-state index in [4.69, 9.17) is 4.74 Å². The largest absolute Gasteiger partial charge is 0.497 e. The number of rotatable bonds is 4. The van der Waals surface area contributed by atoms with Gasteiger partial charge in [0.25, 0.3) is 5.91 Å². The molecule has 0 bridgehead atoms. The van der Waals surface area contributed by atoms with E-state index >= 15 is 0 Å². The number of fused-ring (bicyclic) bond motifs is 1. The zero-order valence-corrected chi connectivity index (χ0v) is 17.2. The van der Waals surface area contributed by atoms with Crippen LogP contribution in [0, 0.1) is 0 Å². The Morgan fingerprint density at radius 2 is 1.92 bits per heavy atom. The minimum atomic E-state index is -3.77. The van der Waals surface area contributed by atoms with Gasteiger partial charge in [-0.15, -0.1) is 0 Å². The zero-order valence-electron chi connectivity index (χ0n) is 14.0. The van der Waals surface area contributed by atoms with Crippen LogP contribution in [0.15, 0.2) is 56.8 Å². The number of para-hydroxylation sites is 1. The van der Waals surface area contributed by atoms with Crippen molar-refractivity contribution in [1.82, 2.24) is 4.57 Å². The van der Waals surface area contributed by atoms with Crippen LogP contribution in [0.2, 0.25) is 0 Å². The molecule has 0 spiro atoms. The molecule has 0 aliphatic heterocycles. The second-order valence-corrected chi connectivity index (χ2v) is 9.32. The quantitative estimate of drug-likeness (QED) is 0.606. The first-order chi connectivity index (χ1) is 12.3. The van der Waals surface area contributed by atoms with Crippen LogP contribution in [-0.2, 0) is 21.7 Å². The van der Waals surface area contributed by atoms with Gasteiger partial charge in [0.2, 0.25) is 0 Å². The molecule has 0 saturated heterocycles. The number of hydrogen-bond acceptors (Lipinski definition) is 5. The SMILES string of the molecule is COc1ccc(S(=O)(=O)CC(=O)N=c2sc3cccc(Br)c3n2C)cc1. The molecular weight excluding hydrogens is 440 g/mol. The van der Waals surface area contributed by atoms with Crippen molar-refractivity contribution in [2.24, 2.45) is 12.0 Å². The van der Waals surface area contributed by atoms with Gasteiger partial charge in [-0.05, 0) is 52.3 Å². The van der Waals surface area contributed by atoms with Crippen LogP contribution in [0.4, 0.5) is 0 Å². The number of hydrogen-bond donors (Lipinski definition) is 0. The molecule has 0 atom stereocenters. The van der Waals surface area contributed by atoms with Crippen molar-refractivity contribution in [2.75, 3.05) is 12.9 Å². The lowest BCUT2D eigenvalue weighted by molar-refractivity contribution is -0.115. The third-order valence-corrected chi connectivity index (χ3v) is 7.08. The number of sulfone groups is 1. The minimum absolute atomic E-state index is 0.0605. The van der Waals surface area contributed by atoms with Gasteiger partial charge in [-0.2, -0.15) is 4.99 Å². The third-order valence-electron chi connectivity index (χ3n) is 3.73. The summed E-state index contributed by atoms with van der Waals surface area (Å²) in [4.78, 5) is 16.8. The summed E-state index contributed by atoms with van der Waals surface area (Å²) < 4.78 is 33.4. The number of benzene rings is 2. The van der Waals surface area contributed by atoms with Crippen LogP contribution in [0.3, 0.4) is 0 Å². The molecule has 3 rings (SSSR count). The van der Waals surface area contributed by atoms with E-state index < -0.39 is 21.5 Å². The number of ether oxygens (including phenoxy) is 1. The molecule has 9 heteroatoms. The summed E-state index contributed by atoms with van der Waals surface area (Å²) in [5, 5.41) is 0. The molecule has 2 aromatic carbocycles. The van der Waals surface area contributed by atoms with Crippen molar-refractivity contribution >= 4 is 53.2 Å². The highest BCUT2D eigenvalue weighted by molar-refractivity contribution is 9.10. The minimum Gasteiger partial charge on any atom is -0.497 e. The molecular formula is C17H15BrN2O4S2. The Labute approximate surface area is 162 Å². The second-order valence-electron chi connectivity index (χ2n) is 5.47. The highest BCUT2D eigenvalue weighted by atomic mass is 79.9. The highest BCUT2D eigenvalue weighted by Crippen LogP contribution is 2.25. The molecule has 0 saturated carbocycles. The lowest BCUT2D eigenvalue weighted by Gasteiger charge is -2.03. The zero-order chi connectivity index (χ0) is 18.9. The monoisotopic (exact) mass is 454 g/mol. The van der Waals surface area contributed by atoms with Crippen LogP contribution in [0.5, 0.6) is 5.75 Å². The molecule has 1 amide bonds. The van der Waals surface area contributed by atoms with E-state index in [1.807, 2.05) is 18.2 Å². The summed E-state index contributed by atoms with van der Waals surface area (Å²) >= 11 is 4.80. The number of aromatic nitrogens is 1. The topological polar surface area (TPSA) is 77.7 Å². The van der Waals surface area contributed by atoms with Crippen molar-refractivity contribution in [3.05, 3.63) is 51.7 Å². The van der Waals surface area contributed by atoms with E-state index in [9.17, 15) is 13.2 Å². The maximum atomic E-state index is 12.4. The normalized spacial score (nSPS) is 12.5. The second kappa shape index (κ2) is 7.34. The Kier molecular flexibility index (Phi) is 5.31. The van der Waals surface area contributed by atoms with Gasteiger partial charge in [-0.3, -0.25) is 4.79 Å². The first-order valence-corrected chi connectivity index (χ1v) is 10.8. The molecule has 0 fully saturated rings. The van der Waals surface area contributed by atoms with Gasteiger partial charge in [0.1, 0.15) is 11.5 Å². The molecule has 6 nitrogen and oxygen atoms in total. The van der Waals surface area contributed by atoms with Crippen LogP contribution in [0.25, 0.3) is 10.2 Å². The highest BCUT2D eigenvalue weighted by Gasteiger charge is 2.19. The van der Waals surface area contributed by atoms with Gasteiger partial charge in [0, 0.05) is 11.5 Å². The molecule has 0 radical (unpaired) electrons. The molecule has 26 heavy (non-hydrogen) atoms. The van der Waals surface area contributed by atoms with Gasteiger partial charge < -0.3 is 9.30 Å². The predicted octanol–water partition coefficient (Wildman–Crippen LogP) is 2.91. The standard InChI is InChI=1S/C17H15BrN2O4S2/c1-20-16-13(18)4-3-5-14(16)25-17(20)19-15(21)10-26(22,23)12-8-6-11(24-2)7-9-12/h3-9H,10H2,1-2H3. The molecule has 3 aromatic rings. The fourth-order valence-corrected chi connectivity index (χ4v) is 5.36. The number of aryl methyl sites for hydroxylation is 1. The third kappa shape index (κ3) is 3.74. The predicted molar refractivity (Wildman–Crippen MR) is 104 cm³/mol. The lowest BCUT2D eigenvalue weighted by Crippen LogP contribution is -2.19. The fourth-order valence-electron chi connectivity index (χ4n) is 2.43. The summed E-state index contributed by atoms with van der Waals surface area (Å²) in [5.74, 6) is -0.851. The van der Waals surface area contributed by atoms with Gasteiger partial charge in [-0.25, -0.2) is 8.42 Å². The summed E-state index contributed by atoms with van der Waals surface area (Å²) in [5.41, 5.74) is 0.905. The summed E-state index contributed by atoms with van der Waals surface area (Å²) in [6.07, 6.45) is 0. The van der Waals surface area contributed by atoms with Gasteiger partial charge in [0.05, 0.1) is 22.2 Å². The van der Waals surface area contributed by atoms with Crippen molar-refractivity contribution in [2.45, 2.75) is 4.90 Å². The number of thiazole rings is 1. The average Bonchev–Trinajstić information content (AvgIpc) is 2.91. The van der Waals surface area contributed by atoms with Crippen LogP contribution >= 0.6 is 27.3 Å². The Morgan fingerprint density at radius 1 is 1.23 bits per heavy atom. The molecule has 0 unspecified atom stereocenters. The maximum Gasteiger partial charge on any atom is 0.263 e. The van der Waals surface area contributed by atoms with Crippen LogP contribution < -0.4 is 9.54 Å². The van der Waals surface area contributed by atoms with Gasteiger partial charge >= 0.3 is 0 Å². The number of carbonyl (C=O) groups is 1. The van der Waals surface area contributed by atoms with E-state index in [1.54, 1.807) is 11.6 Å². The molecule has 1 aromatic heterocycles. The first-order valence-electron chi connectivity index (χ1n) is 7.50. The Bertz CT molecular complexity index is 1150. The molecule has 0 N–H and O–H groups in total. The lowest BCUT2D eigenvalue weighted by atomic mass is 10.3. The average molecular weight is 455 g/mol. The number of nitrogens with zero attached hydrogens (tertiary/aromatic N) is 2. The van der Waals surface area contributed by atoms with Gasteiger partial charge in [0.15, 0.2) is 14.6 Å². The van der Waals surface area contributed by atoms with Crippen LogP contribution in [0.1, 0.15) is 0 Å². The summed E-state index contributed by atoms with van der Waals surface area (Å²) in [7, 11) is -0.488. The van der Waals surface area contributed by atoms with E-state index in [0.29, 0.717) is 10.6 Å². The maximum absolute atomic E-state index is 12.4. The molecule has 0 aliphatic carbocycles. The van der Waals surface area contributed by atoms with Crippen molar-refractivity contribution in [3.63, 3.8) is 0 Å². The molecule has 136 valence electrons. The molecule has 0 aliphatic rings. The van der Waals surface area contributed by atoms with E-state index in [2.05, 4.69) is 20.9 Å². The van der Waals surface area contributed by atoms with Crippen LogP contribution in [-0.4, -0.2) is 31.8 Å². The number of carbonyl (C=O) groups excluding carboxylic acids is 1. The van der Waals surface area contributed by atoms with Crippen molar-refractivity contribution < 1.29 is 17.9 Å². The van der Waals surface area contributed by atoms with E-state index in [0.717, 1.165) is 14.7 Å². The number of halogens is 1. The van der Waals surface area contributed by atoms with Crippen molar-refractivity contribution in [1.29, 1.82) is 0 Å². The van der Waals surface area contributed by atoms with E-state index in [-0.39, 0.29) is 4.90 Å².